The molecule has 0 aromatic heterocycles. The molecule has 0 fully saturated rings. The molecule has 62 valence electrons. The van der Waals surface area contributed by atoms with Gasteiger partial charge in [0.25, 0.3) is 0 Å². The van der Waals surface area contributed by atoms with Crippen LogP contribution in [0.5, 0.6) is 0 Å². The van der Waals surface area contributed by atoms with Crippen molar-refractivity contribution >= 4 is 15.9 Å². The molecule has 1 nitrogen and oxygen atoms in total. The Labute approximate surface area is 81.2 Å². The molecule has 0 spiro atoms. The second-order valence-electron chi connectivity index (χ2n) is 2.56. The van der Waals surface area contributed by atoms with E-state index in [0.717, 1.165) is 29.3 Å². The summed E-state index contributed by atoms with van der Waals surface area (Å²) in [6.07, 6.45) is 2.06. The van der Waals surface area contributed by atoms with Gasteiger partial charge in [0.15, 0.2) is 0 Å². The highest BCUT2D eigenvalue weighted by molar-refractivity contribution is 9.09. The van der Waals surface area contributed by atoms with Gasteiger partial charge in [0, 0.05) is 5.33 Å². The molecule has 2 heteroatoms. The maximum absolute atomic E-state index is 8.76. The van der Waals surface area contributed by atoms with Crippen LogP contribution in [0.3, 0.4) is 0 Å². The predicted molar refractivity (Wildman–Crippen MR) is 53.3 cm³/mol. The number of hydrogen-bond acceptors (Lipinski definition) is 1. The van der Waals surface area contributed by atoms with E-state index in [2.05, 4.69) is 22.0 Å². The number of benzene rings is 1. The fraction of sp³-hybridized carbons (Fsp3) is 0.300. The molecule has 0 N–H and O–H groups in total. The first-order valence-corrected chi connectivity index (χ1v) is 5.04. The fourth-order valence-corrected chi connectivity index (χ4v) is 1.39. The maximum Gasteiger partial charge on any atom is 0.0994 e. The molecule has 1 aromatic rings. The Kier molecular flexibility index (Phi) is 3.83. The number of nitrogens with zero attached hydrogens (tertiary/aromatic N) is 1. The van der Waals surface area contributed by atoms with Gasteiger partial charge in [0.1, 0.15) is 0 Å². The van der Waals surface area contributed by atoms with Gasteiger partial charge < -0.3 is 0 Å². The molecule has 0 saturated heterocycles. The normalized spacial score (nSPS) is 9.33. The van der Waals surface area contributed by atoms with Crippen LogP contribution >= 0.6 is 15.9 Å². The molecule has 1 rings (SSSR count). The molecule has 0 radical (unpaired) electrons. The number of aryl methyl sites for hydroxylation is 1. The number of hydrogen-bond donors (Lipinski definition) is 0. The van der Waals surface area contributed by atoms with E-state index in [1.165, 1.54) is 0 Å². The second-order valence-corrected chi connectivity index (χ2v) is 3.35. The smallest absolute Gasteiger partial charge is 0.0994 e. The minimum atomic E-state index is 0.804. The number of rotatable bonds is 3. The van der Waals surface area contributed by atoms with Crippen molar-refractivity contribution in [2.24, 2.45) is 0 Å². The van der Waals surface area contributed by atoms with Crippen molar-refractivity contribution in [2.45, 2.75) is 12.8 Å². The molecule has 0 heterocycles. The summed E-state index contributed by atoms with van der Waals surface area (Å²) in [6.45, 7) is 0. The van der Waals surface area contributed by atoms with Gasteiger partial charge in [-0.2, -0.15) is 5.26 Å². The summed E-state index contributed by atoms with van der Waals surface area (Å²) in [5.41, 5.74) is 1.96. The topological polar surface area (TPSA) is 23.8 Å². The van der Waals surface area contributed by atoms with Gasteiger partial charge >= 0.3 is 0 Å². The van der Waals surface area contributed by atoms with Crippen LogP contribution in [0.25, 0.3) is 0 Å². The first kappa shape index (κ1) is 9.28. The molecular weight excluding hydrogens is 214 g/mol. The van der Waals surface area contributed by atoms with E-state index in [4.69, 9.17) is 5.26 Å². The third kappa shape index (κ3) is 2.35. The van der Waals surface area contributed by atoms with Crippen molar-refractivity contribution in [3.8, 4) is 6.07 Å². The van der Waals surface area contributed by atoms with Crippen molar-refractivity contribution in [1.29, 1.82) is 5.26 Å². The number of halogens is 1. The van der Waals surface area contributed by atoms with Gasteiger partial charge in [-0.1, -0.05) is 34.1 Å². The van der Waals surface area contributed by atoms with Gasteiger partial charge in [0.05, 0.1) is 11.6 Å². The van der Waals surface area contributed by atoms with E-state index in [-0.39, 0.29) is 0 Å². The fourth-order valence-electron chi connectivity index (χ4n) is 1.10. The van der Waals surface area contributed by atoms with Gasteiger partial charge in [-0.25, -0.2) is 0 Å². The lowest BCUT2D eigenvalue weighted by molar-refractivity contribution is 0.935. The van der Waals surface area contributed by atoms with Crippen LogP contribution in [-0.2, 0) is 6.42 Å². The Bertz CT molecular complexity index is 288. The summed E-state index contributed by atoms with van der Waals surface area (Å²) in [5.74, 6) is 0. The molecule has 1 aromatic carbocycles. The Morgan fingerprint density at radius 2 is 2.08 bits per heavy atom. The third-order valence-corrected chi connectivity index (χ3v) is 2.28. The zero-order valence-corrected chi connectivity index (χ0v) is 8.34. The number of nitriles is 1. The first-order valence-electron chi connectivity index (χ1n) is 3.92. The Morgan fingerprint density at radius 3 is 2.75 bits per heavy atom. The molecule has 0 saturated carbocycles. The Hall–Kier alpha value is -0.810. The molecule has 0 bridgehead atoms. The van der Waals surface area contributed by atoms with Crippen molar-refractivity contribution in [3.05, 3.63) is 35.4 Å². The molecular formula is C10H10BrN. The Morgan fingerprint density at radius 1 is 1.33 bits per heavy atom. The standard InChI is InChI=1S/C10H10BrN/c11-7-3-6-9-4-1-2-5-10(9)8-12/h1-2,4-5H,3,6-7H2. The zero-order chi connectivity index (χ0) is 8.81. The van der Waals surface area contributed by atoms with Gasteiger partial charge in [-0.15, -0.1) is 0 Å². The molecule has 0 aliphatic heterocycles. The van der Waals surface area contributed by atoms with Crippen LogP contribution in [0, 0.1) is 11.3 Å². The molecule has 0 aliphatic rings. The quantitative estimate of drug-likeness (QED) is 0.724. The zero-order valence-electron chi connectivity index (χ0n) is 6.76. The van der Waals surface area contributed by atoms with Gasteiger partial charge in [0.2, 0.25) is 0 Å². The lowest BCUT2D eigenvalue weighted by atomic mass is 10.0. The lowest BCUT2D eigenvalue weighted by Crippen LogP contribution is -1.90. The summed E-state index contributed by atoms with van der Waals surface area (Å²) in [4.78, 5) is 0. The average Bonchev–Trinajstić information content (AvgIpc) is 2.15. The van der Waals surface area contributed by atoms with Crippen LogP contribution < -0.4 is 0 Å². The first-order chi connectivity index (χ1) is 5.88. The summed E-state index contributed by atoms with van der Waals surface area (Å²) < 4.78 is 0. The van der Waals surface area contributed by atoms with Gasteiger partial charge in [-0.05, 0) is 24.5 Å². The monoisotopic (exact) mass is 223 g/mol. The summed E-state index contributed by atoms with van der Waals surface area (Å²) in [5, 5.41) is 9.75. The molecule has 0 atom stereocenters. The van der Waals surface area contributed by atoms with Crippen molar-refractivity contribution in [3.63, 3.8) is 0 Å². The van der Waals surface area contributed by atoms with Crippen molar-refractivity contribution in [1.82, 2.24) is 0 Å². The van der Waals surface area contributed by atoms with E-state index < -0.39 is 0 Å². The predicted octanol–water partition coefficient (Wildman–Crippen LogP) is 2.89. The maximum atomic E-state index is 8.76. The average molecular weight is 224 g/mol. The van der Waals surface area contributed by atoms with Crippen molar-refractivity contribution in [2.75, 3.05) is 5.33 Å². The number of alkyl halides is 1. The minimum absolute atomic E-state index is 0.804. The molecule has 0 amide bonds. The van der Waals surface area contributed by atoms with Crippen LogP contribution in [0.15, 0.2) is 24.3 Å². The SMILES string of the molecule is N#Cc1ccccc1CCCBr. The van der Waals surface area contributed by atoms with E-state index in [0.29, 0.717) is 0 Å². The molecule has 0 aliphatic carbocycles. The largest absolute Gasteiger partial charge is 0.192 e. The summed E-state index contributed by atoms with van der Waals surface area (Å²) in [7, 11) is 0. The molecule has 12 heavy (non-hydrogen) atoms. The highest BCUT2D eigenvalue weighted by atomic mass is 79.9. The molecule has 0 unspecified atom stereocenters. The lowest BCUT2D eigenvalue weighted by Gasteiger charge is -2.00. The van der Waals surface area contributed by atoms with Crippen molar-refractivity contribution < 1.29 is 0 Å². The van der Waals surface area contributed by atoms with E-state index >= 15 is 0 Å². The van der Waals surface area contributed by atoms with Gasteiger partial charge in [-0.3, -0.25) is 0 Å². The van der Waals surface area contributed by atoms with E-state index in [1.54, 1.807) is 0 Å². The highest BCUT2D eigenvalue weighted by Crippen LogP contribution is 2.10. The van der Waals surface area contributed by atoms with Crippen LogP contribution in [0.4, 0.5) is 0 Å². The van der Waals surface area contributed by atoms with E-state index in [9.17, 15) is 0 Å². The van der Waals surface area contributed by atoms with Crippen LogP contribution in [0.1, 0.15) is 17.5 Å². The van der Waals surface area contributed by atoms with E-state index in [1.807, 2.05) is 24.3 Å². The minimum Gasteiger partial charge on any atom is -0.192 e. The second kappa shape index (κ2) is 4.95. The third-order valence-electron chi connectivity index (χ3n) is 1.72. The summed E-state index contributed by atoms with van der Waals surface area (Å²) >= 11 is 3.37. The van der Waals surface area contributed by atoms with Crippen LogP contribution in [0.2, 0.25) is 0 Å². The Balaban J connectivity index is 2.77. The highest BCUT2D eigenvalue weighted by Gasteiger charge is 1.98. The summed E-state index contributed by atoms with van der Waals surface area (Å²) in [6, 6.07) is 9.94. The van der Waals surface area contributed by atoms with Crippen LogP contribution in [-0.4, -0.2) is 5.33 Å².